The fourth-order valence-electron chi connectivity index (χ4n) is 3.87. The van der Waals surface area contributed by atoms with Crippen molar-refractivity contribution in [3.63, 3.8) is 0 Å². The molecule has 1 fully saturated rings. The average molecular weight is 514 g/mol. The van der Waals surface area contributed by atoms with Crippen LogP contribution in [0.25, 0.3) is 0 Å². The van der Waals surface area contributed by atoms with Gasteiger partial charge in [0.25, 0.3) is 0 Å². The number of aliphatic carboxylic acids is 1. The van der Waals surface area contributed by atoms with Crippen LogP contribution in [0, 0.1) is 0 Å². The van der Waals surface area contributed by atoms with E-state index in [-0.39, 0.29) is 38.3 Å². The van der Waals surface area contributed by atoms with E-state index in [0.717, 1.165) is 0 Å². The minimum Gasteiger partial charge on any atom is -0.480 e. The van der Waals surface area contributed by atoms with Crippen molar-refractivity contribution in [3.8, 4) is 0 Å². The predicted octanol–water partition coefficient (Wildman–Crippen LogP) is -3.58. The highest BCUT2D eigenvalue weighted by Crippen LogP contribution is 2.20. The topological polar surface area (TPSA) is 275 Å². The molecule has 15 heteroatoms. The van der Waals surface area contributed by atoms with Crippen molar-refractivity contribution in [3.05, 3.63) is 0 Å². The van der Waals surface area contributed by atoms with Gasteiger partial charge in [0.05, 0.1) is 12.5 Å². The van der Waals surface area contributed by atoms with Gasteiger partial charge in [-0.25, -0.2) is 4.79 Å². The van der Waals surface area contributed by atoms with E-state index < -0.39 is 53.8 Å². The number of amides is 4. The molecule has 0 bridgehead atoms. The summed E-state index contributed by atoms with van der Waals surface area (Å²) in [6.45, 7) is 0.860. The largest absolute Gasteiger partial charge is 0.480 e. The highest BCUT2D eigenvalue weighted by Gasteiger charge is 2.39. The van der Waals surface area contributed by atoms with E-state index in [1.54, 1.807) is 0 Å². The number of carbonyl (C=O) groups excluding carboxylic acids is 4. The zero-order chi connectivity index (χ0) is 27.3. The number of carboxylic acid groups (broad SMARTS) is 1. The molecule has 36 heavy (non-hydrogen) atoms. The first-order valence-corrected chi connectivity index (χ1v) is 11.9. The molecule has 204 valence electrons. The van der Waals surface area contributed by atoms with Crippen molar-refractivity contribution in [2.75, 3.05) is 19.6 Å². The van der Waals surface area contributed by atoms with Crippen LogP contribution in [0.4, 0.5) is 0 Å². The Labute approximate surface area is 209 Å². The van der Waals surface area contributed by atoms with Gasteiger partial charge in [-0.1, -0.05) is 0 Å². The summed E-state index contributed by atoms with van der Waals surface area (Å²) in [7, 11) is 0. The van der Waals surface area contributed by atoms with Gasteiger partial charge in [-0.05, 0) is 51.5 Å². The van der Waals surface area contributed by atoms with Crippen LogP contribution in [0.5, 0.6) is 0 Å². The van der Waals surface area contributed by atoms with Gasteiger partial charge >= 0.3 is 5.97 Å². The Hall–Kier alpha value is -3.46. The summed E-state index contributed by atoms with van der Waals surface area (Å²) in [6.07, 6.45) is 2.27. The number of guanidine groups is 1. The number of nitrogens with zero attached hydrogens (tertiary/aromatic N) is 2. The summed E-state index contributed by atoms with van der Waals surface area (Å²) < 4.78 is 0. The quantitative estimate of drug-likeness (QED) is 0.0570. The molecular formula is C21H39N9O6. The number of hydrogen-bond donors (Lipinski definition) is 8. The number of nitrogens with two attached hydrogens (primary N) is 5. The number of nitrogens with one attached hydrogen (secondary N) is 2. The van der Waals surface area contributed by atoms with E-state index >= 15 is 0 Å². The summed E-state index contributed by atoms with van der Waals surface area (Å²) in [5, 5.41) is 14.5. The normalized spacial score (nSPS) is 17.5. The Bertz CT molecular complexity index is 818. The second kappa shape index (κ2) is 15.5. The smallest absolute Gasteiger partial charge is 0.326 e. The van der Waals surface area contributed by atoms with Crippen LogP contribution >= 0.6 is 0 Å². The summed E-state index contributed by atoms with van der Waals surface area (Å²) in [6, 6.07) is -4.30. The van der Waals surface area contributed by atoms with E-state index in [1.807, 2.05) is 0 Å². The van der Waals surface area contributed by atoms with Gasteiger partial charge in [0.15, 0.2) is 5.96 Å². The fraction of sp³-hybridized carbons (Fsp3) is 0.714. The van der Waals surface area contributed by atoms with Crippen LogP contribution < -0.4 is 39.3 Å². The molecule has 0 aromatic heterocycles. The molecule has 0 saturated carbocycles. The highest BCUT2D eigenvalue weighted by atomic mass is 16.4. The van der Waals surface area contributed by atoms with Crippen molar-refractivity contribution in [2.24, 2.45) is 33.7 Å². The number of unbranched alkanes of at least 4 members (excludes halogenated alkanes) is 1. The summed E-state index contributed by atoms with van der Waals surface area (Å²) in [5.41, 5.74) is 26.8. The highest BCUT2D eigenvalue weighted by molar-refractivity contribution is 5.95. The molecule has 0 aliphatic carbocycles. The number of hydrogen-bond acceptors (Lipinski definition) is 8. The minimum atomic E-state index is -1.22. The second-order valence-electron chi connectivity index (χ2n) is 8.66. The van der Waals surface area contributed by atoms with Crippen molar-refractivity contribution < 1.29 is 29.1 Å². The van der Waals surface area contributed by atoms with Gasteiger partial charge in [-0.15, -0.1) is 0 Å². The standard InChI is InChI=1S/C21H39N9O6/c22-8-2-1-5-13(28-17(32)12(23)11-16(24)31)19(34)30-10-4-7-15(30)18(33)29-14(20(35)36)6-3-9-27-21(25)26/h12-15H,1-11,22-23H2,(H2,24,31)(H,28,32)(H,29,33)(H,35,36)(H4,25,26,27). The van der Waals surface area contributed by atoms with Crippen molar-refractivity contribution >= 4 is 35.6 Å². The van der Waals surface area contributed by atoms with Gasteiger partial charge in [0.1, 0.15) is 18.1 Å². The van der Waals surface area contributed by atoms with Crippen molar-refractivity contribution in [2.45, 2.75) is 75.5 Å². The molecular weight excluding hydrogens is 474 g/mol. The Morgan fingerprint density at radius 2 is 1.67 bits per heavy atom. The van der Waals surface area contributed by atoms with Gasteiger partial charge in [0, 0.05) is 13.1 Å². The van der Waals surface area contributed by atoms with E-state index in [0.29, 0.717) is 38.6 Å². The lowest BCUT2D eigenvalue weighted by Crippen LogP contribution is -2.57. The van der Waals surface area contributed by atoms with Crippen LogP contribution in [-0.2, 0) is 24.0 Å². The fourth-order valence-corrected chi connectivity index (χ4v) is 3.87. The van der Waals surface area contributed by atoms with Crippen LogP contribution in [-0.4, -0.2) is 89.4 Å². The van der Waals surface area contributed by atoms with E-state index in [2.05, 4.69) is 15.6 Å². The summed E-state index contributed by atoms with van der Waals surface area (Å²) >= 11 is 0. The van der Waals surface area contributed by atoms with Crippen LogP contribution in [0.2, 0.25) is 0 Å². The lowest BCUT2D eigenvalue weighted by molar-refractivity contribution is -0.145. The molecule has 4 unspecified atom stereocenters. The minimum absolute atomic E-state index is 0.0913. The molecule has 15 nitrogen and oxygen atoms in total. The Kier molecular flexibility index (Phi) is 13.2. The number of rotatable bonds is 16. The molecule has 4 atom stereocenters. The number of likely N-dealkylation sites (tertiary alicyclic amines) is 1. The predicted molar refractivity (Wildman–Crippen MR) is 131 cm³/mol. The van der Waals surface area contributed by atoms with Crippen LogP contribution in [0.1, 0.15) is 51.4 Å². The average Bonchev–Trinajstić information content (AvgIpc) is 3.29. The summed E-state index contributed by atoms with van der Waals surface area (Å²) in [5.74, 6) is -3.91. The third-order valence-electron chi connectivity index (χ3n) is 5.72. The third-order valence-corrected chi connectivity index (χ3v) is 5.72. The zero-order valence-electron chi connectivity index (χ0n) is 20.4. The van der Waals surface area contributed by atoms with E-state index in [4.69, 9.17) is 28.7 Å². The number of aliphatic imine (C=N–C) groups is 1. The molecule has 0 aromatic rings. The molecule has 0 radical (unpaired) electrons. The Balaban J connectivity index is 2.90. The molecule has 0 spiro atoms. The molecule has 1 heterocycles. The lowest BCUT2D eigenvalue weighted by Gasteiger charge is -2.30. The molecule has 1 aliphatic rings. The second-order valence-corrected chi connectivity index (χ2v) is 8.66. The maximum Gasteiger partial charge on any atom is 0.326 e. The van der Waals surface area contributed by atoms with Gasteiger partial charge in [0.2, 0.25) is 23.6 Å². The molecule has 1 saturated heterocycles. The molecule has 1 rings (SSSR count). The van der Waals surface area contributed by atoms with Gasteiger partial charge in [-0.3, -0.25) is 24.2 Å². The Morgan fingerprint density at radius 3 is 2.25 bits per heavy atom. The number of primary amides is 1. The first-order chi connectivity index (χ1) is 17.0. The zero-order valence-corrected chi connectivity index (χ0v) is 20.4. The third kappa shape index (κ3) is 10.4. The monoisotopic (exact) mass is 513 g/mol. The maximum atomic E-state index is 13.3. The molecule has 13 N–H and O–H groups in total. The van der Waals surface area contributed by atoms with E-state index in [9.17, 15) is 29.1 Å². The van der Waals surface area contributed by atoms with Gasteiger partial charge in [-0.2, -0.15) is 0 Å². The van der Waals surface area contributed by atoms with E-state index in [1.165, 1.54) is 4.90 Å². The van der Waals surface area contributed by atoms with Crippen molar-refractivity contribution in [1.82, 2.24) is 15.5 Å². The molecule has 4 amide bonds. The van der Waals surface area contributed by atoms with Gasteiger partial charge < -0.3 is 49.3 Å². The summed E-state index contributed by atoms with van der Waals surface area (Å²) in [4.78, 5) is 66.6. The lowest BCUT2D eigenvalue weighted by atomic mass is 10.1. The number of carbonyl (C=O) groups is 5. The number of carboxylic acids is 1. The maximum absolute atomic E-state index is 13.3. The molecule has 1 aliphatic heterocycles. The Morgan fingerprint density at radius 1 is 1.00 bits per heavy atom. The van der Waals surface area contributed by atoms with Crippen LogP contribution in [0.15, 0.2) is 4.99 Å². The molecule has 0 aromatic carbocycles. The first kappa shape index (κ1) is 30.6. The first-order valence-electron chi connectivity index (χ1n) is 11.9. The van der Waals surface area contributed by atoms with Crippen molar-refractivity contribution in [1.29, 1.82) is 0 Å². The van der Waals surface area contributed by atoms with Crippen LogP contribution in [0.3, 0.4) is 0 Å². The SMILES string of the molecule is NCCCCC(NC(=O)C(N)CC(N)=O)C(=O)N1CCCC1C(=O)NC(CCCN=C(N)N)C(=O)O.